The molecular formula is C11H25NO4. The fraction of sp³-hybridized carbons (Fsp3) is 1.00. The van der Waals surface area contributed by atoms with Gasteiger partial charge in [-0.3, -0.25) is 0 Å². The van der Waals surface area contributed by atoms with Gasteiger partial charge in [0.1, 0.15) is 0 Å². The van der Waals surface area contributed by atoms with E-state index in [1.165, 1.54) is 0 Å². The molecule has 5 nitrogen and oxygen atoms in total. The van der Waals surface area contributed by atoms with E-state index >= 15 is 0 Å². The van der Waals surface area contributed by atoms with E-state index in [0.29, 0.717) is 46.2 Å². The van der Waals surface area contributed by atoms with Crippen LogP contribution in [0.25, 0.3) is 0 Å². The third kappa shape index (κ3) is 13.8. The lowest BCUT2D eigenvalue weighted by Gasteiger charge is -2.18. The van der Waals surface area contributed by atoms with Gasteiger partial charge in [0.05, 0.1) is 46.2 Å². The van der Waals surface area contributed by atoms with Crippen molar-refractivity contribution in [3.05, 3.63) is 0 Å². The Balaban J connectivity index is 2.99. The minimum atomic E-state index is -0.275. The Labute approximate surface area is 98.2 Å². The van der Waals surface area contributed by atoms with E-state index in [1.807, 2.05) is 13.8 Å². The van der Waals surface area contributed by atoms with Crippen LogP contribution < -0.4 is 5.73 Å². The minimum absolute atomic E-state index is 0.275. The van der Waals surface area contributed by atoms with Gasteiger partial charge in [0, 0.05) is 12.6 Å². The summed E-state index contributed by atoms with van der Waals surface area (Å²) in [6, 6.07) is 0. The molecule has 0 saturated heterocycles. The zero-order valence-corrected chi connectivity index (χ0v) is 10.7. The molecule has 0 aromatic heterocycles. The van der Waals surface area contributed by atoms with Crippen LogP contribution in [0, 0.1) is 0 Å². The van der Waals surface area contributed by atoms with Crippen molar-refractivity contribution in [3.63, 3.8) is 0 Å². The fourth-order valence-electron chi connectivity index (χ4n) is 0.917. The predicted octanol–water partition coefficient (Wildman–Crippen LogP) is 0.420. The number of hydrogen-bond donors (Lipinski definition) is 1. The Bertz CT molecular complexity index is 147. The van der Waals surface area contributed by atoms with E-state index in [1.54, 1.807) is 7.11 Å². The summed E-state index contributed by atoms with van der Waals surface area (Å²) in [4.78, 5) is 0. The lowest BCUT2D eigenvalue weighted by molar-refractivity contribution is -0.00170. The Hall–Kier alpha value is -0.200. The third-order valence-corrected chi connectivity index (χ3v) is 1.65. The van der Waals surface area contributed by atoms with Crippen molar-refractivity contribution in [1.29, 1.82) is 0 Å². The van der Waals surface area contributed by atoms with Crippen molar-refractivity contribution in [2.45, 2.75) is 19.4 Å². The van der Waals surface area contributed by atoms with Gasteiger partial charge in [-0.15, -0.1) is 0 Å². The summed E-state index contributed by atoms with van der Waals surface area (Å²) < 4.78 is 20.7. The fourth-order valence-corrected chi connectivity index (χ4v) is 0.917. The average Bonchev–Trinajstić information content (AvgIpc) is 2.19. The number of hydrogen-bond acceptors (Lipinski definition) is 5. The first-order chi connectivity index (χ1) is 7.56. The largest absolute Gasteiger partial charge is 0.382 e. The Kier molecular flexibility index (Phi) is 9.86. The molecule has 5 heteroatoms. The van der Waals surface area contributed by atoms with E-state index in [0.717, 1.165) is 0 Å². The first-order valence-corrected chi connectivity index (χ1v) is 5.57. The maximum atomic E-state index is 5.75. The summed E-state index contributed by atoms with van der Waals surface area (Å²) in [5.74, 6) is 0. The van der Waals surface area contributed by atoms with Gasteiger partial charge in [0.25, 0.3) is 0 Å². The van der Waals surface area contributed by atoms with Crippen LogP contribution in [0.5, 0.6) is 0 Å². The van der Waals surface area contributed by atoms with Crippen molar-refractivity contribution in [3.8, 4) is 0 Å². The smallest absolute Gasteiger partial charge is 0.0701 e. The molecule has 2 N–H and O–H groups in total. The van der Waals surface area contributed by atoms with Crippen LogP contribution in [0.3, 0.4) is 0 Å². The monoisotopic (exact) mass is 235 g/mol. The second-order valence-corrected chi connectivity index (χ2v) is 4.26. The molecular weight excluding hydrogens is 210 g/mol. The molecule has 0 bridgehead atoms. The highest BCUT2D eigenvalue weighted by Gasteiger charge is 2.09. The van der Waals surface area contributed by atoms with Crippen LogP contribution in [0.15, 0.2) is 0 Å². The van der Waals surface area contributed by atoms with E-state index in [2.05, 4.69) is 0 Å². The van der Waals surface area contributed by atoms with Gasteiger partial charge in [-0.25, -0.2) is 0 Å². The Morgan fingerprint density at radius 1 is 0.812 bits per heavy atom. The molecule has 0 unspecified atom stereocenters. The number of ether oxygens (including phenoxy) is 4. The number of methoxy groups -OCH3 is 1. The second-order valence-electron chi connectivity index (χ2n) is 4.26. The van der Waals surface area contributed by atoms with Crippen LogP contribution in [0.1, 0.15) is 13.8 Å². The first-order valence-electron chi connectivity index (χ1n) is 5.57. The Morgan fingerprint density at radius 2 is 1.25 bits per heavy atom. The molecule has 0 heterocycles. The summed E-state index contributed by atoms with van der Waals surface area (Å²) in [7, 11) is 1.65. The maximum absolute atomic E-state index is 5.75. The molecule has 0 rings (SSSR count). The van der Waals surface area contributed by atoms with Crippen molar-refractivity contribution in [2.75, 3.05) is 53.4 Å². The maximum Gasteiger partial charge on any atom is 0.0701 e. The predicted molar refractivity (Wildman–Crippen MR) is 62.6 cm³/mol. The number of nitrogens with two attached hydrogens (primary N) is 1. The quantitative estimate of drug-likeness (QED) is 0.526. The van der Waals surface area contributed by atoms with Crippen LogP contribution in [0.2, 0.25) is 0 Å². The van der Waals surface area contributed by atoms with E-state index < -0.39 is 0 Å². The van der Waals surface area contributed by atoms with Crippen molar-refractivity contribution in [2.24, 2.45) is 5.73 Å². The molecule has 0 spiro atoms. The highest BCUT2D eigenvalue weighted by Crippen LogP contribution is 1.96. The van der Waals surface area contributed by atoms with E-state index in [9.17, 15) is 0 Å². The summed E-state index contributed by atoms with van der Waals surface area (Å²) in [6.45, 7) is 7.94. The highest BCUT2D eigenvalue weighted by molar-refractivity contribution is 4.69. The summed E-state index contributed by atoms with van der Waals surface area (Å²) >= 11 is 0. The molecule has 98 valence electrons. The van der Waals surface area contributed by atoms with Gasteiger partial charge in [-0.2, -0.15) is 0 Å². The molecule has 0 amide bonds. The summed E-state index contributed by atoms with van der Waals surface area (Å²) in [5.41, 5.74) is 5.47. The van der Waals surface area contributed by atoms with Crippen molar-refractivity contribution >= 4 is 0 Å². The van der Waals surface area contributed by atoms with Crippen molar-refractivity contribution < 1.29 is 18.9 Å². The van der Waals surface area contributed by atoms with Gasteiger partial charge in [0.15, 0.2) is 0 Å². The zero-order chi connectivity index (χ0) is 12.3. The molecule has 0 aromatic carbocycles. The van der Waals surface area contributed by atoms with Gasteiger partial charge in [-0.1, -0.05) is 0 Å². The normalized spacial score (nSPS) is 12.0. The van der Waals surface area contributed by atoms with Crippen LogP contribution >= 0.6 is 0 Å². The SMILES string of the molecule is COCCOCCOCCOCC(C)(C)N. The zero-order valence-electron chi connectivity index (χ0n) is 10.7. The molecule has 0 aliphatic carbocycles. The van der Waals surface area contributed by atoms with Crippen LogP contribution in [0.4, 0.5) is 0 Å². The van der Waals surface area contributed by atoms with Crippen molar-refractivity contribution in [1.82, 2.24) is 0 Å². The lowest BCUT2D eigenvalue weighted by atomic mass is 10.1. The van der Waals surface area contributed by atoms with Gasteiger partial charge < -0.3 is 24.7 Å². The Morgan fingerprint density at radius 3 is 1.69 bits per heavy atom. The van der Waals surface area contributed by atoms with Gasteiger partial charge in [-0.05, 0) is 13.8 Å². The van der Waals surface area contributed by atoms with Gasteiger partial charge >= 0.3 is 0 Å². The van der Waals surface area contributed by atoms with Crippen LogP contribution in [-0.2, 0) is 18.9 Å². The highest BCUT2D eigenvalue weighted by atomic mass is 16.6. The second kappa shape index (κ2) is 9.99. The summed E-state index contributed by atoms with van der Waals surface area (Å²) in [6.07, 6.45) is 0. The molecule has 0 aliphatic rings. The molecule has 0 saturated carbocycles. The molecule has 0 aliphatic heterocycles. The summed E-state index contributed by atoms with van der Waals surface area (Å²) in [5, 5.41) is 0. The van der Waals surface area contributed by atoms with Crippen LogP contribution in [-0.4, -0.2) is 58.9 Å². The van der Waals surface area contributed by atoms with E-state index in [4.69, 9.17) is 24.7 Å². The standard InChI is InChI=1S/C11H25NO4/c1-11(2,12)10-16-9-8-15-7-6-14-5-4-13-3/h4-10,12H2,1-3H3. The van der Waals surface area contributed by atoms with Gasteiger partial charge in [0.2, 0.25) is 0 Å². The topological polar surface area (TPSA) is 62.9 Å². The third-order valence-electron chi connectivity index (χ3n) is 1.65. The first kappa shape index (κ1) is 15.8. The lowest BCUT2D eigenvalue weighted by Crippen LogP contribution is -2.37. The average molecular weight is 235 g/mol. The molecule has 0 atom stereocenters. The molecule has 0 radical (unpaired) electrons. The molecule has 0 fully saturated rings. The molecule has 16 heavy (non-hydrogen) atoms. The number of rotatable bonds is 11. The molecule has 0 aromatic rings. The van der Waals surface area contributed by atoms with E-state index in [-0.39, 0.29) is 5.54 Å². The minimum Gasteiger partial charge on any atom is -0.382 e.